The van der Waals surface area contributed by atoms with Gasteiger partial charge in [0.15, 0.2) is 0 Å². The molecular formula is C18H21ClN4O3S. The smallest absolute Gasteiger partial charge is 0.257 e. The van der Waals surface area contributed by atoms with Crippen LogP contribution in [0.3, 0.4) is 0 Å². The van der Waals surface area contributed by atoms with Crippen LogP contribution in [0.1, 0.15) is 23.2 Å². The largest absolute Gasteiger partial charge is 0.292 e. The summed E-state index contributed by atoms with van der Waals surface area (Å²) >= 11 is 0. The van der Waals surface area contributed by atoms with Crippen molar-refractivity contribution in [2.45, 2.75) is 22.6 Å². The number of halogens is 1. The molecule has 144 valence electrons. The van der Waals surface area contributed by atoms with Gasteiger partial charge >= 0.3 is 0 Å². The topological polar surface area (TPSA) is 102 Å². The quantitative estimate of drug-likeness (QED) is 0.531. The first kappa shape index (κ1) is 20.9. The third-order valence-electron chi connectivity index (χ3n) is 4.09. The molecule has 3 rings (SSSR count). The van der Waals surface area contributed by atoms with Crippen LogP contribution < -0.4 is 10.7 Å². The van der Waals surface area contributed by atoms with Gasteiger partial charge < -0.3 is 0 Å². The van der Waals surface area contributed by atoms with Gasteiger partial charge in [0, 0.05) is 18.7 Å². The van der Waals surface area contributed by atoms with Crippen LogP contribution in [0.25, 0.3) is 0 Å². The number of benzene rings is 2. The van der Waals surface area contributed by atoms with E-state index >= 15 is 0 Å². The Labute approximate surface area is 164 Å². The molecule has 1 saturated heterocycles. The second-order valence-electron chi connectivity index (χ2n) is 5.98. The summed E-state index contributed by atoms with van der Waals surface area (Å²) in [6.07, 6.45) is 2.12. The van der Waals surface area contributed by atoms with Crippen LogP contribution in [-0.2, 0) is 9.84 Å². The normalized spacial score (nSPS) is 14.2. The van der Waals surface area contributed by atoms with Crippen LogP contribution in [-0.4, -0.2) is 38.4 Å². The molecule has 7 nitrogen and oxygen atoms in total. The maximum Gasteiger partial charge on any atom is 0.257 e. The summed E-state index contributed by atoms with van der Waals surface area (Å²) in [6, 6.07) is 13.8. The van der Waals surface area contributed by atoms with E-state index in [-0.39, 0.29) is 33.7 Å². The summed E-state index contributed by atoms with van der Waals surface area (Å²) < 4.78 is 25.1. The van der Waals surface area contributed by atoms with Crippen LogP contribution in [0.4, 0.5) is 0 Å². The average Bonchev–Trinajstić information content (AvgIpc) is 3.15. The molecule has 0 aromatic heterocycles. The van der Waals surface area contributed by atoms with Gasteiger partial charge in [-0.05, 0) is 49.2 Å². The average molecular weight is 409 g/mol. The summed E-state index contributed by atoms with van der Waals surface area (Å²) in [7, 11) is -3.61. The van der Waals surface area contributed by atoms with Crippen molar-refractivity contribution < 1.29 is 13.2 Å². The Morgan fingerprint density at radius 3 is 2.07 bits per heavy atom. The lowest BCUT2D eigenvalue weighted by Crippen LogP contribution is -2.48. The molecule has 0 saturated carbocycles. The summed E-state index contributed by atoms with van der Waals surface area (Å²) in [5.41, 5.74) is 3.11. The van der Waals surface area contributed by atoms with E-state index in [0.717, 1.165) is 25.9 Å². The molecule has 2 aromatic rings. The van der Waals surface area contributed by atoms with E-state index in [4.69, 9.17) is 5.41 Å². The molecule has 2 aromatic carbocycles. The number of carbonyl (C=O) groups is 1. The minimum absolute atomic E-state index is 0. The first-order valence-corrected chi connectivity index (χ1v) is 9.77. The molecule has 0 radical (unpaired) electrons. The third-order valence-corrected chi connectivity index (χ3v) is 5.88. The van der Waals surface area contributed by atoms with Gasteiger partial charge in [-0.2, -0.15) is 0 Å². The zero-order chi connectivity index (χ0) is 18.6. The first-order chi connectivity index (χ1) is 12.5. The molecule has 3 N–H and O–H groups in total. The van der Waals surface area contributed by atoms with Crippen molar-refractivity contribution in [3.63, 3.8) is 0 Å². The summed E-state index contributed by atoms with van der Waals surface area (Å²) in [6.45, 7) is 1.68. The number of guanidine groups is 1. The second kappa shape index (κ2) is 8.98. The molecule has 0 bridgehead atoms. The van der Waals surface area contributed by atoms with Crippen molar-refractivity contribution >= 4 is 34.1 Å². The minimum atomic E-state index is -3.61. The predicted molar refractivity (Wildman–Crippen MR) is 105 cm³/mol. The lowest BCUT2D eigenvalue weighted by atomic mass is 10.2. The van der Waals surface area contributed by atoms with Gasteiger partial charge in [-0.3, -0.25) is 20.9 Å². The van der Waals surface area contributed by atoms with Crippen LogP contribution >= 0.6 is 12.4 Å². The number of carbonyl (C=O) groups excluding carboxylic acids is 1. The van der Waals surface area contributed by atoms with E-state index in [1.807, 2.05) is 5.01 Å². The third kappa shape index (κ3) is 5.06. The Morgan fingerprint density at radius 1 is 0.926 bits per heavy atom. The van der Waals surface area contributed by atoms with Gasteiger partial charge in [-0.15, -0.1) is 12.4 Å². The van der Waals surface area contributed by atoms with Crippen LogP contribution in [0.2, 0.25) is 0 Å². The Morgan fingerprint density at radius 2 is 1.48 bits per heavy atom. The second-order valence-corrected chi connectivity index (χ2v) is 7.93. The number of hydrazine groups is 1. The van der Waals surface area contributed by atoms with Crippen molar-refractivity contribution in [3.05, 3.63) is 60.2 Å². The van der Waals surface area contributed by atoms with Gasteiger partial charge in [-0.1, -0.05) is 18.2 Å². The van der Waals surface area contributed by atoms with E-state index in [9.17, 15) is 13.2 Å². The summed E-state index contributed by atoms with van der Waals surface area (Å²) in [5.74, 6) is -0.566. The van der Waals surface area contributed by atoms with E-state index in [2.05, 4.69) is 10.7 Å². The highest BCUT2D eigenvalue weighted by molar-refractivity contribution is 7.91. The lowest BCUT2D eigenvalue weighted by Gasteiger charge is -2.18. The fourth-order valence-corrected chi connectivity index (χ4v) is 4.00. The van der Waals surface area contributed by atoms with E-state index < -0.39 is 15.7 Å². The first-order valence-electron chi connectivity index (χ1n) is 8.28. The summed E-state index contributed by atoms with van der Waals surface area (Å²) in [5, 5.41) is 12.1. The highest BCUT2D eigenvalue weighted by atomic mass is 35.5. The molecule has 27 heavy (non-hydrogen) atoms. The van der Waals surface area contributed by atoms with Crippen LogP contribution in [0, 0.1) is 5.41 Å². The fraction of sp³-hybridized carbons (Fsp3) is 0.222. The molecule has 1 aliphatic heterocycles. The van der Waals surface area contributed by atoms with Crippen molar-refractivity contribution in [1.82, 2.24) is 15.8 Å². The molecule has 1 fully saturated rings. The fourth-order valence-electron chi connectivity index (χ4n) is 2.72. The molecule has 1 heterocycles. The molecule has 0 atom stereocenters. The number of hydrogen-bond acceptors (Lipinski definition) is 5. The zero-order valence-electron chi connectivity index (χ0n) is 14.5. The Hall–Kier alpha value is -2.42. The number of nitrogens with zero attached hydrogens (tertiary/aromatic N) is 1. The predicted octanol–water partition coefficient (Wildman–Crippen LogP) is 2.21. The van der Waals surface area contributed by atoms with E-state index in [0.29, 0.717) is 0 Å². The monoisotopic (exact) mass is 408 g/mol. The zero-order valence-corrected chi connectivity index (χ0v) is 16.1. The Balaban J connectivity index is 0.00000261. The Bertz CT molecular complexity index is 896. The molecule has 0 spiro atoms. The van der Waals surface area contributed by atoms with Gasteiger partial charge in [0.25, 0.3) is 5.91 Å². The molecule has 9 heteroatoms. The lowest BCUT2D eigenvalue weighted by molar-refractivity contribution is 0.0973. The minimum Gasteiger partial charge on any atom is -0.292 e. The van der Waals surface area contributed by atoms with Gasteiger partial charge in [0.05, 0.1) is 9.79 Å². The molecule has 1 amide bonds. The van der Waals surface area contributed by atoms with Gasteiger partial charge in [0.1, 0.15) is 0 Å². The highest BCUT2D eigenvalue weighted by Gasteiger charge is 2.18. The van der Waals surface area contributed by atoms with Gasteiger partial charge in [-0.25, -0.2) is 13.4 Å². The molecule has 1 aliphatic rings. The maximum absolute atomic E-state index is 12.5. The number of nitrogens with one attached hydrogen (secondary N) is 3. The number of sulfone groups is 1. The number of amides is 1. The van der Waals surface area contributed by atoms with Crippen LogP contribution in [0.15, 0.2) is 64.4 Å². The van der Waals surface area contributed by atoms with E-state index in [1.54, 1.807) is 18.2 Å². The Kier molecular flexibility index (Phi) is 6.95. The molecule has 0 unspecified atom stereocenters. The van der Waals surface area contributed by atoms with Crippen molar-refractivity contribution in [3.8, 4) is 0 Å². The van der Waals surface area contributed by atoms with Crippen LogP contribution in [0.5, 0.6) is 0 Å². The molecule has 0 aliphatic carbocycles. The standard InChI is InChI=1S/C18H20N4O3S.ClH/c19-18(21-22-12-4-5-13-22)20-17(23)14-8-10-16(11-9-14)26(24,25)15-6-2-1-3-7-15;/h1-3,6-11H,4-5,12-13H2,(H3,19,20,21,23);1H. The van der Waals surface area contributed by atoms with Gasteiger partial charge in [0.2, 0.25) is 15.8 Å². The molecular weight excluding hydrogens is 388 g/mol. The van der Waals surface area contributed by atoms with E-state index in [1.165, 1.54) is 36.4 Å². The number of hydrogen-bond donors (Lipinski definition) is 3. The van der Waals surface area contributed by atoms with Crippen molar-refractivity contribution in [1.29, 1.82) is 5.41 Å². The summed E-state index contributed by atoms with van der Waals surface area (Å²) in [4.78, 5) is 12.5. The number of rotatable bonds is 4. The van der Waals surface area contributed by atoms with Crippen molar-refractivity contribution in [2.75, 3.05) is 13.1 Å². The SMILES string of the molecule is Cl.N=C(NC(=O)c1ccc(S(=O)(=O)c2ccccc2)cc1)NN1CCCC1. The van der Waals surface area contributed by atoms with Crippen molar-refractivity contribution in [2.24, 2.45) is 0 Å². The maximum atomic E-state index is 12.5. The highest BCUT2D eigenvalue weighted by Crippen LogP contribution is 2.20.